The van der Waals surface area contributed by atoms with Crippen molar-refractivity contribution in [1.29, 1.82) is 5.26 Å². The summed E-state index contributed by atoms with van der Waals surface area (Å²) in [6.45, 7) is 13.6. The molecular weight excluding hydrogens is 372 g/mol. The van der Waals surface area contributed by atoms with Gasteiger partial charge in [-0.15, -0.1) is 0 Å². The second-order valence-corrected chi connectivity index (χ2v) is 8.33. The first-order chi connectivity index (χ1) is 13.3. The molecule has 0 spiro atoms. The lowest BCUT2D eigenvalue weighted by Crippen LogP contribution is -2.49. The molecular formula is C21H30N4O4. The highest BCUT2D eigenvalue weighted by molar-refractivity contribution is 6.00. The lowest BCUT2D eigenvalue weighted by Gasteiger charge is -2.20. The minimum Gasteiger partial charge on any atom is -0.451 e. The molecule has 8 nitrogen and oxygen atoms in total. The fraction of sp³-hybridized carbons (Fsp3) is 0.524. The van der Waals surface area contributed by atoms with Crippen molar-refractivity contribution >= 4 is 24.0 Å². The molecule has 0 aromatic carbocycles. The lowest BCUT2D eigenvalue weighted by molar-refractivity contribution is -0.144. The summed E-state index contributed by atoms with van der Waals surface area (Å²) in [5.74, 6) is -1.26. The second-order valence-electron chi connectivity index (χ2n) is 8.33. The molecule has 1 aromatic heterocycles. The van der Waals surface area contributed by atoms with Gasteiger partial charge in [0.05, 0.1) is 0 Å². The Morgan fingerprint density at radius 1 is 1.28 bits per heavy atom. The van der Waals surface area contributed by atoms with Gasteiger partial charge in [-0.25, -0.2) is 9.59 Å². The topological polar surface area (TPSA) is 113 Å². The summed E-state index contributed by atoms with van der Waals surface area (Å²) in [6.07, 6.45) is 1.45. The number of carbonyl (C=O) groups is 3. The van der Waals surface area contributed by atoms with E-state index in [9.17, 15) is 19.6 Å². The van der Waals surface area contributed by atoms with E-state index in [0.29, 0.717) is 5.92 Å². The number of aromatic nitrogens is 1. The van der Waals surface area contributed by atoms with Gasteiger partial charge in [-0.05, 0) is 58.2 Å². The van der Waals surface area contributed by atoms with Gasteiger partial charge in [-0.2, -0.15) is 5.26 Å². The number of hydrogen-bond donors (Lipinski definition) is 2. The van der Waals surface area contributed by atoms with Crippen LogP contribution in [0.25, 0.3) is 6.08 Å². The zero-order valence-corrected chi connectivity index (χ0v) is 18.2. The van der Waals surface area contributed by atoms with Crippen LogP contribution in [0.15, 0.2) is 11.6 Å². The lowest BCUT2D eigenvalue weighted by atomic mass is 10.1. The van der Waals surface area contributed by atoms with E-state index >= 15 is 0 Å². The van der Waals surface area contributed by atoms with E-state index < -0.39 is 30.1 Å². The number of hydrogen-bond acceptors (Lipinski definition) is 5. The maximum Gasteiger partial charge on any atom is 0.349 e. The Morgan fingerprint density at radius 2 is 1.90 bits per heavy atom. The number of amides is 3. The fourth-order valence-electron chi connectivity index (χ4n) is 2.66. The van der Waals surface area contributed by atoms with Crippen LogP contribution in [0.3, 0.4) is 0 Å². The van der Waals surface area contributed by atoms with Gasteiger partial charge in [0.15, 0.2) is 6.61 Å². The maximum atomic E-state index is 12.2. The van der Waals surface area contributed by atoms with E-state index in [-0.39, 0.29) is 5.57 Å². The Morgan fingerprint density at radius 3 is 2.41 bits per heavy atom. The summed E-state index contributed by atoms with van der Waals surface area (Å²) in [4.78, 5) is 35.6. The van der Waals surface area contributed by atoms with Crippen LogP contribution in [0, 0.1) is 31.1 Å². The van der Waals surface area contributed by atoms with Crippen LogP contribution in [0.1, 0.15) is 51.6 Å². The highest BCUT2D eigenvalue weighted by Crippen LogP contribution is 2.20. The molecule has 1 rings (SSSR count). The third-order valence-electron chi connectivity index (χ3n) is 3.88. The van der Waals surface area contributed by atoms with Gasteiger partial charge in [0.25, 0.3) is 5.91 Å². The van der Waals surface area contributed by atoms with Crippen LogP contribution in [0.2, 0.25) is 0 Å². The van der Waals surface area contributed by atoms with Crippen molar-refractivity contribution < 1.29 is 19.1 Å². The van der Waals surface area contributed by atoms with Gasteiger partial charge in [0.1, 0.15) is 11.6 Å². The van der Waals surface area contributed by atoms with Crippen LogP contribution in [-0.4, -0.2) is 34.6 Å². The Hall–Kier alpha value is -3.08. The number of urea groups is 1. The molecule has 0 saturated carbocycles. The molecule has 1 heterocycles. The van der Waals surface area contributed by atoms with Crippen molar-refractivity contribution in [2.45, 2.75) is 60.5 Å². The Kier molecular flexibility index (Phi) is 8.19. The quantitative estimate of drug-likeness (QED) is 0.431. The van der Waals surface area contributed by atoms with Gasteiger partial charge < -0.3 is 14.6 Å². The average Bonchev–Trinajstić information content (AvgIpc) is 2.82. The van der Waals surface area contributed by atoms with E-state index in [1.165, 1.54) is 6.08 Å². The maximum absolute atomic E-state index is 12.2. The van der Waals surface area contributed by atoms with Crippen molar-refractivity contribution in [3.05, 3.63) is 28.6 Å². The zero-order chi connectivity index (χ0) is 22.4. The predicted molar refractivity (Wildman–Crippen MR) is 110 cm³/mol. The molecule has 29 heavy (non-hydrogen) atoms. The van der Waals surface area contributed by atoms with Crippen LogP contribution in [-0.2, 0) is 20.9 Å². The smallest absolute Gasteiger partial charge is 0.349 e. The van der Waals surface area contributed by atoms with Crippen molar-refractivity contribution in [1.82, 2.24) is 15.2 Å². The molecule has 0 unspecified atom stereocenters. The zero-order valence-electron chi connectivity index (χ0n) is 18.2. The van der Waals surface area contributed by atoms with E-state index in [2.05, 4.69) is 29.0 Å². The summed E-state index contributed by atoms with van der Waals surface area (Å²) in [6, 6.07) is 3.02. The summed E-state index contributed by atoms with van der Waals surface area (Å²) in [5, 5.41) is 13.9. The van der Waals surface area contributed by atoms with E-state index in [0.717, 1.165) is 23.5 Å². The molecule has 0 bridgehead atoms. The molecule has 0 aliphatic rings. The molecule has 3 amide bonds. The minimum atomic E-state index is -0.924. The third kappa shape index (κ3) is 7.82. The Balaban J connectivity index is 2.79. The van der Waals surface area contributed by atoms with E-state index in [1.807, 2.05) is 26.0 Å². The van der Waals surface area contributed by atoms with Crippen molar-refractivity contribution in [2.24, 2.45) is 5.92 Å². The Bertz CT molecular complexity index is 851. The Labute approximate surface area is 171 Å². The molecule has 0 atom stereocenters. The largest absolute Gasteiger partial charge is 0.451 e. The van der Waals surface area contributed by atoms with Crippen molar-refractivity contribution in [3.8, 4) is 6.07 Å². The van der Waals surface area contributed by atoms with Gasteiger partial charge in [0.2, 0.25) is 0 Å². The SMILES string of the molecule is Cc1cc(/C=C(\C#N)C(=O)OCC(=O)NC(=O)NC(C)(C)C)c(C)n1CC(C)C. The summed E-state index contributed by atoms with van der Waals surface area (Å²) < 4.78 is 7.00. The number of rotatable bonds is 6. The summed E-state index contributed by atoms with van der Waals surface area (Å²) in [7, 11) is 0. The molecule has 0 aliphatic carbocycles. The molecule has 0 aliphatic heterocycles. The van der Waals surface area contributed by atoms with Crippen LogP contribution in [0.4, 0.5) is 4.79 Å². The van der Waals surface area contributed by atoms with Crippen LogP contribution >= 0.6 is 0 Å². The highest BCUT2D eigenvalue weighted by atomic mass is 16.5. The molecule has 0 saturated heterocycles. The monoisotopic (exact) mass is 402 g/mol. The molecule has 2 N–H and O–H groups in total. The van der Waals surface area contributed by atoms with E-state index in [1.54, 1.807) is 20.8 Å². The number of nitrogens with one attached hydrogen (secondary N) is 2. The summed E-state index contributed by atoms with van der Waals surface area (Å²) in [5.41, 5.74) is 1.97. The number of nitriles is 1. The highest BCUT2D eigenvalue weighted by Gasteiger charge is 2.18. The van der Waals surface area contributed by atoms with Gasteiger partial charge in [-0.1, -0.05) is 13.8 Å². The number of ether oxygens (including phenoxy) is 1. The van der Waals surface area contributed by atoms with Gasteiger partial charge >= 0.3 is 12.0 Å². The first kappa shape index (κ1) is 24.0. The normalized spacial score (nSPS) is 11.8. The van der Waals surface area contributed by atoms with E-state index in [4.69, 9.17) is 4.74 Å². The second kappa shape index (κ2) is 9.92. The number of aryl methyl sites for hydroxylation is 1. The standard InChI is InChI=1S/C21H30N4O4/c1-13(2)11-25-14(3)8-16(15(25)4)9-17(10-22)19(27)29-12-18(26)23-20(28)24-21(5,6)7/h8-9,13H,11-12H2,1-7H3,(H2,23,24,26,28)/b17-9+. The third-order valence-corrected chi connectivity index (χ3v) is 3.88. The van der Waals surface area contributed by atoms with Gasteiger partial charge in [0, 0.05) is 23.5 Å². The minimum absolute atomic E-state index is 0.221. The number of imide groups is 1. The predicted octanol–water partition coefficient (Wildman–Crippen LogP) is 2.84. The molecule has 1 aromatic rings. The molecule has 0 fully saturated rings. The number of nitrogens with zero attached hydrogens (tertiary/aromatic N) is 2. The van der Waals surface area contributed by atoms with Gasteiger partial charge in [-0.3, -0.25) is 10.1 Å². The van der Waals surface area contributed by atoms with Crippen molar-refractivity contribution in [2.75, 3.05) is 6.61 Å². The summed E-state index contributed by atoms with van der Waals surface area (Å²) >= 11 is 0. The number of carbonyl (C=O) groups excluding carboxylic acids is 3. The fourth-order valence-corrected chi connectivity index (χ4v) is 2.66. The van der Waals surface area contributed by atoms with Crippen LogP contribution < -0.4 is 10.6 Å². The van der Waals surface area contributed by atoms with Crippen molar-refractivity contribution in [3.63, 3.8) is 0 Å². The molecule has 158 valence electrons. The number of esters is 1. The first-order valence-electron chi connectivity index (χ1n) is 9.41. The molecule has 0 radical (unpaired) electrons. The molecule has 8 heteroatoms. The average molecular weight is 402 g/mol. The van der Waals surface area contributed by atoms with Crippen LogP contribution in [0.5, 0.6) is 0 Å². The first-order valence-corrected chi connectivity index (χ1v) is 9.41.